The second-order valence-corrected chi connectivity index (χ2v) is 7.66. The van der Waals surface area contributed by atoms with Crippen LogP contribution in [0.5, 0.6) is 0 Å². The second-order valence-electron chi connectivity index (χ2n) is 5.48. The van der Waals surface area contributed by atoms with Crippen LogP contribution in [-0.4, -0.2) is 10.9 Å². The summed E-state index contributed by atoms with van der Waals surface area (Å²) in [5.41, 5.74) is 3.69. The zero-order chi connectivity index (χ0) is 17.8. The van der Waals surface area contributed by atoms with Crippen LogP contribution >= 0.6 is 23.1 Å². The number of aryl methyl sites for hydroxylation is 2. The molecular weight excluding hydrogens is 350 g/mol. The molecule has 0 unspecified atom stereocenters. The minimum Gasteiger partial charge on any atom is -0.322 e. The molecule has 2 aromatic carbocycles. The molecule has 0 spiro atoms. The number of thiazole rings is 1. The van der Waals surface area contributed by atoms with Crippen molar-refractivity contribution in [3.8, 4) is 6.07 Å². The van der Waals surface area contributed by atoms with Gasteiger partial charge >= 0.3 is 0 Å². The molecule has 0 atom stereocenters. The minimum atomic E-state index is -0.226. The van der Waals surface area contributed by atoms with E-state index in [4.69, 9.17) is 5.26 Å². The van der Waals surface area contributed by atoms with Crippen LogP contribution in [-0.2, 0) is 0 Å². The lowest BCUT2D eigenvalue weighted by atomic mass is 10.1. The first-order valence-corrected chi connectivity index (χ1v) is 9.27. The topological polar surface area (TPSA) is 65.8 Å². The van der Waals surface area contributed by atoms with E-state index in [9.17, 15) is 4.79 Å². The molecule has 1 N–H and O–H groups in total. The number of anilines is 1. The van der Waals surface area contributed by atoms with E-state index in [1.807, 2.05) is 43.5 Å². The van der Waals surface area contributed by atoms with Gasteiger partial charge in [-0.2, -0.15) is 5.26 Å². The minimum absolute atomic E-state index is 0.226. The lowest BCUT2D eigenvalue weighted by molar-refractivity contribution is 0.102. The third kappa shape index (κ3) is 4.27. The van der Waals surface area contributed by atoms with E-state index in [1.165, 1.54) is 0 Å². The van der Waals surface area contributed by atoms with Crippen LogP contribution < -0.4 is 5.32 Å². The molecule has 0 saturated carbocycles. The van der Waals surface area contributed by atoms with Crippen molar-refractivity contribution in [1.82, 2.24) is 4.98 Å². The van der Waals surface area contributed by atoms with E-state index in [1.54, 1.807) is 47.4 Å². The predicted molar refractivity (Wildman–Crippen MR) is 101 cm³/mol. The van der Waals surface area contributed by atoms with Crippen molar-refractivity contribution in [2.75, 3.05) is 5.32 Å². The summed E-state index contributed by atoms with van der Waals surface area (Å²) in [4.78, 5) is 17.9. The van der Waals surface area contributed by atoms with E-state index >= 15 is 0 Å². The summed E-state index contributed by atoms with van der Waals surface area (Å²) in [6.07, 6.45) is 0. The van der Waals surface area contributed by atoms with Crippen LogP contribution in [0.1, 0.15) is 27.2 Å². The number of amides is 1. The molecule has 0 aliphatic carbocycles. The van der Waals surface area contributed by atoms with Gasteiger partial charge in [-0.05, 0) is 55.8 Å². The first-order chi connectivity index (χ1) is 12.0. The van der Waals surface area contributed by atoms with Crippen molar-refractivity contribution in [2.24, 2.45) is 0 Å². The number of benzene rings is 2. The Kier molecular flexibility index (Phi) is 5.17. The standard InChI is InChI=1S/C19H15N3OS2/c1-12-8-16(25-19-21-13(2)11-24-19)6-7-17(12)22-18(23)15-5-3-4-14(9-15)10-20/h3-9,11H,1-2H3,(H,22,23). The molecule has 3 rings (SSSR count). The molecule has 0 bridgehead atoms. The number of nitrogens with zero attached hydrogens (tertiary/aromatic N) is 2. The molecule has 4 nitrogen and oxygen atoms in total. The van der Waals surface area contributed by atoms with Crippen molar-refractivity contribution >= 4 is 34.7 Å². The van der Waals surface area contributed by atoms with Crippen molar-refractivity contribution in [2.45, 2.75) is 23.1 Å². The van der Waals surface area contributed by atoms with Gasteiger partial charge in [-0.1, -0.05) is 17.8 Å². The van der Waals surface area contributed by atoms with Gasteiger partial charge in [0.05, 0.1) is 11.6 Å². The van der Waals surface area contributed by atoms with Gasteiger partial charge < -0.3 is 5.32 Å². The molecule has 124 valence electrons. The van der Waals surface area contributed by atoms with Crippen molar-refractivity contribution in [3.63, 3.8) is 0 Å². The fourth-order valence-corrected chi connectivity index (χ4v) is 4.15. The summed E-state index contributed by atoms with van der Waals surface area (Å²) in [7, 11) is 0. The van der Waals surface area contributed by atoms with Gasteiger partial charge in [-0.25, -0.2) is 4.98 Å². The quantitative estimate of drug-likeness (QED) is 0.704. The third-order valence-electron chi connectivity index (χ3n) is 3.50. The number of hydrogen-bond donors (Lipinski definition) is 1. The summed E-state index contributed by atoms with van der Waals surface area (Å²) in [5.74, 6) is -0.226. The predicted octanol–water partition coefficient (Wildman–Crippen LogP) is 5.04. The Balaban J connectivity index is 1.74. The first kappa shape index (κ1) is 17.2. The zero-order valence-corrected chi connectivity index (χ0v) is 15.4. The Labute approximate surface area is 154 Å². The van der Waals surface area contributed by atoms with Gasteiger partial charge in [-0.3, -0.25) is 4.79 Å². The van der Waals surface area contributed by atoms with Gasteiger partial charge in [0.15, 0.2) is 4.34 Å². The Morgan fingerprint density at radius 1 is 1.24 bits per heavy atom. The lowest BCUT2D eigenvalue weighted by Crippen LogP contribution is -2.12. The summed E-state index contributed by atoms with van der Waals surface area (Å²) in [6, 6.07) is 14.6. The van der Waals surface area contributed by atoms with Crippen LogP contribution in [0.2, 0.25) is 0 Å². The van der Waals surface area contributed by atoms with Crippen LogP contribution in [0.15, 0.2) is 57.1 Å². The number of hydrogen-bond acceptors (Lipinski definition) is 5. The van der Waals surface area contributed by atoms with Crippen LogP contribution in [0.4, 0.5) is 5.69 Å². The van der Waals surface area contributed by atoms with Gasteiger partial charge in [0, 0.05) is 27.2 Å². The number of rotatable bonds is 4. The van der Waals surface area contributed by atoms with Gasteiger partial charge in [0.2, 0.25) is 0 Å². The highest BCUT2D eigenvalue weighted by molar-refractivity contribution is 8.01. The molecule has 25 heavy (non-hydrogen) atoms. The summed E-state index contributed by atoms with van der Waals surface area (Å²) in [6.45, 7) is 3.93. The average Bonchev–Trinajstić information content (AvgIpc) is 3.02. The van der Waals surface area contributed by atoms with Gasteiger partial charge in [0.25, 0.3) is 5.91 Å². The molecular formula is C19H15N3OS2. The molecule has 0 aliphatic heterocycles. The average molecular weight is 365 g/mol. The molecule has 0 radical (unpaired) electrons. The molecule has 1 aromatic heterocycles. The Morgan fingerprint density at radius 2 is 2.08 bits per heavy atom. The second kappa shape index (κ2) is 7.51. The number of carbonyl (C=O) groups is 1. The van der Waals surface area contributed by atoms with Crippen molar-refractivity contribution in [3.05, 3.63) is 70.2 Å². The van der Waals surface area contributed by atoms with E-state index < -0.39 is 0 Å². The first-order valence-electron chi connectivity index (χ1n) is 7.57. The van der Waals surface area contributed by atoms with Crippen molar-refractivity contribution < 1.29 is 4.79 Å². The number of carbonyl (C=O) groups excluding carboxylic acids is 1. The fourth-order valence-electron chi connectivity index (χ4n) is 2.24. The lowest BCUT2D eigenvalue weighted by Gasteiger charge is -2.10. The normalized spacial score (nSPS) is 10.3. The van der Waals surface area contributed by atoms with Crippen LogP contribution in [0.3, 0.4) is 0 Å². The largest absolute Gasteiger partial charge is 0.322 e. The molecule has 1 heterocycles. The summed E-state index contributed by atoms with van der Waals surface area (Å²) < 4.78 is 1.00. The maximum atomic E-state index is 12.4. The molecule has 0 saturated heterocycles. The van der Waals surface area contributed by atoms with Gasteiger partial charge in [0.1, 0.15) is 0 Å². The molecule has 1 amide bonds. The van der Waals surface area contributed by atoms with E-state index in [2.05, 4.69) is 10.3 Å². The van der Waals surface area contributed by atoms with Crippen LogP contribution in [0.25, 0.3) is 0 Å². The van der Waals surface area contributed by atoms with E-state index in [0.717, 1.165) is 26.2 Å². The van der Waals surface area contributed by atoms with E-state index in [0.29, 0.717) is 11.1 Å². The number of nitrogens with one attached hydrogen (secondary N) is 1. The monoisotopic (exact) mass is 365 g/mol. The Bertz CT molecular complexity index is 973. The fraction of sp³-hybridized carbons (Fsp3) is 0.105. The molecule has 6 heteroatoms. The maximum absolute atomic E-state index is 12.4. The maximum Gasteiger partial charge on any atom is 0.255 e. The number of nitriles is 1. The third-order valence-corrected chi connectivity index (χ3v) is 5.55. The summed E-state index contributed by atoms with van der Waals surface area (Å²) >= 11 is 3.23. The zero-order valence-electron chi connectivity index (χ0n) is 13.7. The van der Waals surface area contributed by atoms with Crippen molar-refractivity contribution in [1.29, 1.82) is 5.26 Å². The number of aromatic nitrogens is 1. The SMILES string of the molecule is Cc1csc(Sc2ccc(NC(=O)c3cccc(C#N)c3)c(C)c2)n1. The Hall–Kier alpha value is -2.62. The molecule has 0 aliphatic rings. The molecule has 3 aromatic rings. The van der Waals surface area contributed by atoms with Crippen LogP contribution in [0, 0.1) is 25.2 Å². The summed E-state index contributed by atoms with van der Waals surface area (Å²) in [5, 5.41) is 13.9. The highest BCUT2D eigenvalue weighted by Gasteiger charge is 2.10. The molecule has 0 fully saturated rings. The Morgan fingerprint density at radius 3 is 2.76 bits per heavy atom. The van der Waals surface area contributed by atoms with E-state index in [-0.39, 0.29) is 5.91 Å². The highest BCUT2D eigenvalue weighted by atomic mass is 32.2. The highest BCUT2D eigenvalue weighted by Crippen LogP contribution is 2.32. The van der Waals surface area contributed by atoms with Gasteiger partial charge in [-0.15, -0.1) is 11.3 Å². The smallest absolute Gasteiger partial charge is 0.255 e.